The van der Waals surface area contributed by atoms with E-state index in [0.717, 1.165) is 30.8 Å². The first-order chi connectivity index (χ1) is 17.9. The molecule has 4 aromatic rings. The Morgan fingerprint density at radius 2 is 2.05 bits per heavy atom. The van der Waals surface area contributed by atoms with E-state index in [0.29, 0.717) is 18.4 Å². The van der Waals surface area contributed by atoms with Gasteiger partial charge in [-0.05, 0) is 43.0 Å². The predicted octanol–water partition coefficient (Wildman–Crippen LogP) is 5.29. The first-order valence-electron chi connectivity index (χ1n) is 12.8. The second-order valence-corrected chi connectivity index (χ2v) is 11.2. The van der Waals surface area contributed by atoms with E-state index in [1.165, 1.54) is 39.2 Å². The number of anilines is 1. The fraction of sp³-hybridized carbons (Fsp3) is 0.345. The van der Waals surface area contributed by atoms with Crippen LogP contribution >= 0.6 is 11.6 Å². The zero-order valence-corrected chi connectivity index (χ0v) is 22.2. The molecule has 0 saturated carbocycles. The van der Waals surface area contributed by atoms with E-state index in [1.807, 2.05) is 6.20 Å². The van der Waals surface area contributed by atoms with Crippen LogP contribution in [-0.4, -0.2) is 38.4 Å². The number of aromatic amines is 1. The maximum absolute atomic E-state index is 7.18. The molecule has 0 spiro atoms. The Kier molecular flexibility index (Phi) is 4.71. The van der Waals surface area contributed by atoms with Crippen LogP contribution in [0.15, 0.2) is 48.8 Å². The minimum atomic E-state index is -0.629. The first-order valence-corrected chi connectivity index (χ1v) is 13.2. The molecule has 37 heavy (non-hydrogen) atoms. The summed E-state index contributed by atoms with van der Waals surface area (Å²) in [6.07, 6.45) is 7.76. The van der Waals surface area contributed by atoms with Gasteiger partial charge in [-0.15, -0.1) is 11.6 Å². The van der Waals surface area contributed by atoms with Crippen molar-refractivity contribution in [3.05, 3.63) is 88.1 Å². The molecule has 0 fully saturated rings. The van der Waals surface area contributed by atoms with Gasteiger partial charge < -0.3 is 14.6 Å². The summed E-state index contributed by atoms with van der Waals surface area (Å²) >= 11 is 7.18. The summed E-state index contributed by atoms with van der Waals surface area (Å²) in [4.78, 5) is 14.2. The van der Waals surface area contributed by atoms with Gasteiger partial charge in [0, 0.05) is 54.8 Å². The molecule has 1 N–H and O–H groups in total. The quantitative estimate of drug-likeness (QED) is 0.377. The summed E-state index contributed by atoms with van der Waals surface area (Å²) in [6.45, 7) is 8.09. The van der Waals surface area contributed by atoms with Gasteiger partial charge in [-0.1, -0.05) is 31.2 Å². The molecule has 8 heteroatoms. The minimum Gasteiger partial charge on any atom is -0.481 e. The van der Waals surface area contributed by atoms with Crippen LogP contribution in [0.3, 0.4) is 0 Å². The van der Waals surface area contributed by atoms with Crippen molar-refractivity contribution in [2.45, 2.75) is 50.4 Å². The highest BCUT2D eigenvalue weighted by Crippen LogP contribution is 2.58. The molecule has 1 aliphatic carbocycles. The third kappa shape index (κ3) is 2.98. The van der Waals surface area contributed by atoms with E-state index in [4.69, 9.17) is 21.4 Å². The molecule has 1 aromatic carbocycles. The van der Waals surface area contributed by atoms with Crippen molar-refractivity contribution in [2.24, 2.45) is 0 Å². The number of ether oxygens (including phenoxy) is 1. The molecule has 0 saturated heterocycles. The standard InChI is InChI=1S/C29H29ClN6O/c1-5-17-7-6-8-18-21-15-28(2,30)25-20(9-12-31-25)29(21,3)26-19-16-35(27-32-13-10-23(33-27)37-4)14-11-22(19)34-36(26)24(17)18/h6-10,12-13,15,31H,5,11,14,16H2,1-4H3. The SMILES string of the molecule is CCc1cccc2c1-n1nc3c(c1C1(C)C2=CC(C)(Cl)c2[nH]ccc21)CN(c1nccc(OC)n1)CC3. The number of aryl methyl sites for hydroxylation is 1. The van der Waals surface area contributed by atoms with Gasteiger partial charge in [0.1, 0.15) is 4.87 Å². The van der Waals surface area contributed by atoms with Crippen molar-refractivity contribution >= 4 is 23.1 Å². The summed E-state index contributed by atoms with van der Waals surface area (Å²) in [5, 5.41) is 5.29. The van der Waals surface area contributed by atoms with Crippen LogP contribution < -0.4 is 9.64 Å². The normalized spacial score (nSPS) is 23.4. The maximum atomic E-state index is 7.18. The number of fused-ring (bicyclic) bond motifs is 10. The monoisotopic (exact) mass is 512 g/mol. The summed E-state index contributed by atoms with van der Waals surface area (Å²) in [7, 11) is 1.63. The van der Waals surface area contributed by atoms with Crippen molar-refractivity contribution in [3.8, 4) is 11.6 Å². The number of aromatic nitrogens is 5. The number of methoxy groups -OCH3 is 1. The molecule has 2 atom stereocenters. The number of para-hydroxylation sites is 1. The lowest BCUT2D eigenvalue weighted by molar-refractivity contribution is 0.396. The van der Waals surface area contributed by atoms with Gasteiger partial charge in [-0.2, -0.15) is 10.1 Å². The van der Waals surface area contributed by atoms with Gasteiger partial charge in [-0.25, -0.2) is 9.67 Å². The van der Waals surface area contributed by atoms with Gasteiger partial charge >= 0.3 is 0 Å². The van der Waals surface area contributed by atoms with E-state index in [1.54, 1.807) is 19.4 Å². The highest BCUT2D eigenvalue weighted by molar-refractivity contribution is 6.26. The number of rotatable bonds is 3. The molecular weight excluding hydrogens is 484 g/mol. The van der Waals surface area contributed by atoms with E-state index in [2.05, 4.69) is 75.6 Å². The molecule has 0 radical (unpaired) electrons. The smallest absolute Gasteiger partial charge is 0.228 e. The highest BCUT2D eigenvalue weighted by Gasteiger charge is 2.51. The first kappa shape index (κ1) is 22.6. The number of alkyl halides is 1. The lowest BCUT2D eigenvalue weighted by Crippen LogP contribution is -2.41. The molecule has 0 bridgehead atoms. The third-order valence-corrected chi connectivity index (χ3v) is 8.65. The topological polar surface area (TPSA) is 71.9 Å². The Bertz CT molecular complexity index is 1600. The molecule has 3 aromatic heterocycles. The second-order valence-electron chi connectivity index (χ2n) is 10.4. The molecule has 5 heterocycles. The van der Waals surface area contributed by atoms with Gasteiger partial charge in [-0.3, -0.25) is 0 Å². The maximum Gasteiger partial charge on any atom is 0.228 e. The van der Waals surface area contributed by atoms with Crippen LogP contribution in [0.25, 0.3) is 11.3 Å². The number of allylic oxidation sites excluding steroid dienone is 2. The average Bonchev–Trinajstić information content (AvgIpc) is 3.57. The summed E-state index contributed by atoms with van der Waals surface area (Å²) in [6, 6.07) is 10.6. The van der Waals surface area contributed by atoms with Crippen molar-refractivity contribution in [1.82, 2.24) is 24.7 Å². The molecule has 7 rings (SSSR count). The number of nitrogens with one attached hydrogen (secondary N) is 1. The van der Waals surface area contributed by atoms with Gasteiger partial charge in [0.2, 0.25) is 11.8 Å². The van der Waals surface area contributed by atoms with Crippen molar-refractivity contribution in [1.29, 1.82) is 0 Å². The third-order valence-electron chi connectivity index (χ3n) is 8.35. The Labute approximate surface area is 221 Å². The molecule has 2 aliphatic heterocycles. The Morgan fingerprint density at radius 1 is 1.19 bits per heavy atom. The minimum absolute atomic E-state index is 0.415. The number of nitrogens with zero attached hydrogens (tertiary/aromatic N) is 5. The summed E-state index contributed by atoms with van der Waals surface area (Å²) in [5.41, 5.74) is 10.3. The number of hydrogen-bond acceptors (Lipinski definition) is 5. The van der Waals surface area contributed by atoms with Crippen LogP contribution in [-0.2, 0) is 29.7 Å². The van der Waals surface area contributed by atoms with Crippen LogP contribution in [0.2, 0.25) is 0 Å². The number of hydrogen-bond donors (Lipinski definition) is 1. The molecule has 0 amide bonds. The molecule has 2 unspecified atom stereocenters. The van der Waals surface area contributed by atoms with Gasteiger partial charge in [0.05, 0.1) is 29.6 Å². The average molecular weight is 513 g/mol. The van der Waals surface area contributed by atoms with E-state index >= 15 is 0 Å². The molecule has 3 aliphatic rings. The number of H-pyrrole nitrogens is 1. The van der Waals surface area contributed by atoms with Crippen LogP contribution in [0.1, 0.15) is 60.1 Å². The van der Waals surface area contributed by atoms with Crippen LogP contribution in [0.5, 0.6) is 5.88 Å². The van der Waals surface area contributed by atoms with Gasteiger partial charge in [0.25, 0.3) is 0 Å². The second kappa shape index (κ2) is 7.71. The van der Waals surface area contributed by atoms with Crippen LogP contribution in [0.4, 0.5) is 5.95 Å². The summed E-state index contributed by atoms with van der Waals surface area (Å²) < 4.78 is 7.61. The summed E-state index contributed by atoms with van der Waals surface area (Å²) in [5.74, 6) is 1.24. The van der Waals surface area contributed by atoms with Gasteiger partial charge in [0.15, 0.2) is 0 Å². The lowest BCUT2D eigenvalue weighted by atomic mass is 9.63. The molecule has 188 valence electrons. The van der Waals surface area contributed by atoms with E-state index in [9.17, 15) is 0 Å². The predicted molar refractivity (Wildman–Crippen MR) is 145 cm³/mol. The fourth-order valence-electron chi connectivity index (χ4n) is 6.59. The van der Waals surface area contributed by atoms with E-state index < -0.39 is 10.3 Å². The van der Waals surface area contributed by atoms with Crippen molar-refractivity contribution < 1.29 is 4.74 Å². The number of halogens is 1. The lowest BCUT2D eigenvalue weighted by Gasteiger charge is -2.45. The van der Waals surface area contributed by atoms with E-state index in [-0.39, 0.29) is 0 Å². The number of benzene rings is 1. The Morgan fingerprint density at radius 3 is 2.86 bits per heavy atom. The van der Waals surface area contributed by atoms with Crippen molar-refractivity contribution in [2.75, 3.05) is 18.6 Å². The highest BCUT2D eigenvalue weighted by atomic mass is 35.5. The van der Waals surface area contributed by atoms with Crippen molar-refractivity contribution in [3.63, 3.8) is 0 Å². The van der Waals surface area contributed by atoms with Crippen LogP contribution in [0, 0.1) is 0 Å². The Hall–Kier alpha value is -3.58. The zero-order chi connectivity index (χ0) is 25.5. The molecule has 7 nitrogen and oxygen atoms in total. The Balaban J connectivity index is 1.50. The largest absolute Gasteiger partial charge is 0.481 e. The molecular formula is C29H29ClN6O. The zero-order valence-electron chi connectivity index (χ0n) is 21.5. The fourth-order valence-corrected chi connectivity index (χ4v) is 6.85.